The summed E-state index contributed by atoms with van der Waals surface area (Å²) in [6.07, 6.45) is 5.56. The van der Waals surface area contributed by atoms with Crippen LogP contribution in [0, 0.1) is 11.8 Å². The predicted octanol–water partition coefficient (Wildman–Crippen LogP) is 4.07. The molecule has 1 saturated heterocycles. The summed E-state index contributed by atoms with van der Waals surface area (Å²) < 4.78 is 0. The van der Waals surface area contributed by atoms with Crippen LogP contribution in [-0.4, -0.2) is 30.3 Å². The normalized spacial score (nSPS) is 18.3. The molecule has 0 bridgehead atoms. The first-order valence-corrected chi connectivity index (χ1v) is 8.87. The molecule has 23 heavy (non-hydrogen) atoms. The Kier molecular flexibility index (Phi) is 5.39. The third-order valence-electron chi connectivity index (χ3n) is 5.01. The van der Waals surface area contributed by atoms with Crippen LogP contribution in [-0.2, 0) is 0 Å². The van der Waals surface area contributed by atoms with Crippen molar-refractivity contribution in [3.05, 3.63) is 42.1 Å². The summed E-state index contributed by atoms with van der Waals surface area (Å²) in [6, 6.07) is 10.5. The molecule has 2 heterocycles. The largest absolute Gasteiger partial charge is 0.317 e. The maximum Gasteiger partial charge on any atom is 0.0708 e. The molecule has 1 unspecified atom stereocenters. The number of fused-ring (bicyclic) bond motifs is 1. The van der Waals surface area contributed by atoms with Crippen LogP contribution < -0.4 is 5.32 Å². The number of rotatable bonds is 5. The van der Waals surface area contributed by atoms with Crippen LogP contribution in [0.15, 0.2) is 41.5 Å². The number of aromatic nitrogens is 1. The minimum atomic E-state index is 0.675. The molecule has 0 aliphatic carbocycles. The number of pyridine rings is 1. The van der Waals surface area contributed by atoms with Gasteiger partial charge in [0.1, 0.15) is 0 Å². The lowest BCUT2D eigenvalue weighted by Crippen LogP contribution is -2.31. The molecule has 1 fully saturated rings. The van der Waals surface area contributed by atoms with Crippen LogP contribution in [0.4, 0.5) is 0 Å². The fourth-order valence-electron chi connectivity index (χ4n) is 3.68. The van der Waals surface area contributed by atoms with Gasteiger partial charge in [-0.25, -0.2) is 0 Å². The Labute approximate surface area is 139 Å². The van der Waals surface area contributed by atoms with Gasteiger partial charge in [0, 0.05) is 29.4 Å². The molecule has 0 spiro atoms. The van der Waals surface area contributed by atoms with Gasteiger partial charge in [0.25, 0.3) is 0 Å². The van der Waals surface area contributed by atoms with Crippen molar-refractivity contribution in [2.75, 3.05) is 19.6 Å². The number of hydrogen-bond donors (Lipinski definition) is 1. The van der Waals surface area contributed by atoms with Crippen LogP contribution >= 0.6 is 0 Å². The second-order valence-corrected chi connectivity index (χ2v) is 6.57. The van der Waals surface area contributed by atoms with Gasteiger partial charge in [-0.2, -0.15) is 0 Å². The van der Waals surface area contributed by atoms with E-state index in [2.05, 4.69) is 48.4 Å². The van der Waals surface area contributed by atoms with Crippen LogP contribution in [0.5, 0.6) is 0 Å². The molecule has 122 valence electrons. The van der Waals surface area contributed by atoms with Gasteiger partial charge in [0.05, 0.1) is 5.52 Å². The highest BCUT2D eigenvalue weighted by atomic mass is 14.9. The van der Waals surface area contributed by atoms with E-state index in [4.69, 9.17) is 4.99 Å². The third kappa shape index (κ3) is 3.78. The van der Waals surface area contributed by atoms with Gasteiger partial charge in [-0.3, -0.25) is 9.98 Å². The second-order valence-electron chi connectivity index (χ2n) is 6.57. The maximum atomic E-state index is 4.85. The van der Waals surface area contributed by atoms with E-state index in [1.54, 1.807) is 0 Å². The standard InChI is InChI=1S/C20H27N3/c1-3-22-20(14-15(2)16-8-11-21-12-9-16)18-10-13-23-19-7-5-4-6-17(18)19/h4-7,10,13,15-16,21H,3,8-9,11-12,14H2,1-2H3. The number of aliphatic imine (C=N–C) groups is 1. The van der Waals surface area contributed by atoms with E-state index in [0.29, 0.717) is 5.92 Å². The zero-order valence-corrected chi connectivity index (χ0v) is 14.3. The van der Waals surface area contributed by atoms with Gasteiger partial charge in [-0.05, 0) is 63.2 Å². The molecule has 1 aromatic carbocycles. The van der Waals surface area contributed by atoms with Crippen LogP contribution in [0.1, 0.15) is 38.7 Å². The Morgan fingerprint density at radius 3 is 2.83 bits per heavy atom. The summed E-state index contributed by atoms with van der Waals surface area (Å²) in [4.78, 5) is 9.34. The molecular weight excluding hydrogens is 282 g/mol. The van der Waals surface area contributed by atoms with Crippen molar-refractivity contribution in [1.82, 2.24) is 10.3 Å². The van der Waals surface area contributed by atoms with E-state index in [0.717, 1.165) is 37.5 Å². The predicted molar refractivity (Wildman–Crippen MR) is 98.2 cm³/mol. The van der Waals surface area contributed by atoms with Gasteiger partial charge in [0.2, 0.25) is 0 Å². The first kappa shape index (κ1) is 16.1. The minimum absolute atomic E-state index is 0.675. The molecular formula is C20H27N3. The molecule has 3 heteroatoms. The second kappa shape index (κ2) is 7.69. The van der Waals surface area contributed by atoms with Crippen LogP contribution in [0.25, 0.3) is 10.9 Å². The zero-order chi connectivity index (χ0) is 16.1. The van der Waals surface area contributed by atoms with Crippen LogP contribution in [0.2, 0.25) is 0 Å². The molecule has 1 aliphatic heterocycles. The molecule has 1 aromatic heterocycles. The van der Waals surface area contributed by atoms with Gasteiger partial charge < -0.3 is 5.32 Å². The van der Waals surface area contributed by atoms with Crippen molar-refractivity contribution in [3.63, 3.8) is 0 Å². The molecule has 0 radical (unpaired) electrons. The van der Waals surface area contributed by atoms with Gasteiger partial charge >= 0.3 is 0 Å². The third-order valence-corrected chi connectivity index (χ3v) is 5.01. The van der Waals surface area contributed by atoms with Gasteiger partial charge in [0.15, 0.2) is 0 Å². The first-order chi connectivity index (χ1) is 11.3. The highest BCUT2D eigenvalue weighted by Gasteiger charge is 2.22. The number of nitrogens with zero attached hydrogens (tertiary/aromatic N) is 2. The van der Waals surface area contributed by atoms with Crippen molar-refractivity contribution in [2.45, 2.75) is 33.1 Å². The summed E-state index contributed by atoms with van der Waals surface area (Å²) in [5, 5.41) is 4.69. The first-order valence-electron chi connectivity index (χ1n) is 8.87. The fourth-order valence-corrected chi connectivity index (χ4v) is 3.68. The Morgan fingerprint density at radius 2 is 2.04 bits per heavy atom. The Balaban J connectivity index is 1.87. The lowest BCUT2D eigenvalue weighted by molar-refractivity contribution is 0.281. The molecule has 1 aliphatic rings. The maximum absolute atomic E-state index is 4.85. The molecule has 3 nitrogen and oxygen atoms in total. The summed E-state index contributed by atoms with van der Waals surface area (Å²) in [5.41, 5.74) is 3.57. The average molecular weight is 309 g/mol. The van der Waals surface area contributed by atoms with Crippen molar-refractivity contribution in [3.8, 4) is 0 Å². The number of hydrogen-bond acceptors (Lipinski definition) is 3. The van der Waals surface area contributed by atoms with Crippen molar-refractivity contribution in [1.29, 1.82) is 0 Å². The monoisotopic (exact) mass is 309 g/mol. The molecule has 1 atom stereocenters. The quantitative estimate of drug-likeness (QED) is 0.845. The highest BCUT2D eigenvalue weighted by Crippen LogP contribution is 2.27. The topological polar surface area (TPSA) is 37.3 Å². The highest BCUT2D eigenvalue weighted by molar-refractivity contribution is 6.10. The Bertz CT molecular complexity index is 666. The van der Waals surface area contributed by atoms with E-state index >= 15 is 0 Å². The molecule has 3 rings (SSSR count). The average Bonchev–Trinajstić information content (AvgIpc) is 2.61. The Morgan fingerprint density at radius 1 is 1.26 bits per heavy atom. The number of benzene rings is 1. The number of nitrogens with one attached hydrogen (secondary N) is 1. The molecule has 0 saturated carbocycles. The molecule has 2 aromatic rings. The fraction of sp³-hybridized carbons (Fsp3) is 0.500. The van der Waals surface area contributed by atoms with E-state index in [-0.39, 0.29) is 0 Å². The molecule has 0 amide bonds. The summed E-state index contributed by atoms with van der Waals surface area (Å²) in [6.45, 7) is 7.68. The summed E-state index contributed by atoms with van der Waals surface area (Å²) >= 11 is 0. The van der Waals surface area contributed by atoms with E-state index < -0.39 is 0 Å². The lowest BCUT2D eigenvalue weighted by Gasteiger charge is -2.28. The lowest BCUT2D eigenvalue weighted by atomic mass is 9.82. The Hall–Kier alpha value is -1.74. The van der Waals surface area contributed by atoms with E-state index in [9.17, 15) is 0 Å². The number of piperidine rings is 1. The minimum Gasteiger partial charge on any atom is -0.317 e. The van der Waals surface area contributed by atoms with Crippen LogP contribution in [0.3, 0.4) is 0 Å². The SMILES string of the molecule is CCN=C(CC(C)C1CCNCC1)c1ccnc2ccccc12. The summed E-state index contributed by atoms with van der Waals surface area (Å²) in [5.74, 6) is 1.49. The van der Waals surface area contributed by atoms with Crippen molar-refractivity contribution < 1.29 is 0 Å². The van der Waals surface area contributed by atoms with E-state index in [1.807, 2.05) is 12.3 Å². The molecule has 1 N–H and O–H groups in total. The van der Waals surface area contributed by atoms with E-state index in [1.165, 1.54) is 29.5 Å². The summed E-state index contributed by atoms with van der Waals surface area (Å²) in [7, 11) is 0. The zero-order valence-electron chi connectivity index (χ0n) is 14.3. The smallest absolute Gasteiger partial charge is 0.0708 e. The van der Waals surface area contributed by atoms with Crippen molar-refractivity contribution in [2.24, 2.45) is 16.8 Å². The van der Waals surface area contributed by atoms with Crippen molar-refractivity contribution >= 4 is 16.6 Å². The van der Waals surface area contributed by atoms with Gasteiger partial charge in [-0.1, -0.05) is 25.1 Å². The number of para-hydroxylation sites is 1. The van der Waals surface area contributed by atoms with Gasteiger partial charge in [-0.15, -0.1) is 0 Å².